The van der Waals surface area contributed by atoms with Gasteiger partial charge in [-0.25, -0.2) is 9.78 Å². The van der Waals surface area contributed by atoms with Gasteiger partial charge >= 0.3 is 12.1 Å². The molecule has 1 atom stereocenters. The minimum Gasteiger partial charge on any atom is -0.475 e. The van der Waals surface area contributed by atoms with Crippen molar-refractivity contribution >= 4 is 17.4 Å². The number of rotatable bonds is 3. The average Bonchev–Trinajstić information content (AvgIpc) is 3.23. The minimum absolute atomic E-state index is 0.00639. The molecule has 1 unspecified atom stereocenters. The van der Waals surface area contributed by atoms with Gasteiger partial charge in [-0.2, -0.15) is 13.2 Å². The molecule has 2 aromatic heterocycles. The number of amides is 1. The number of nitrogens with zero attached hydrogens (tertiary/aromatic N) is 4. The molecule has 0 aromatic carbocycles. The van der Waals surface area contributed by atoms with Crippen LogP contribution in [0.15, 0.2) is 24.4 Å². The first-order valence-corrected chi connectivity index (χ1v) is 8.80. The van der Waals surface area contributed by atoms with Crippen LogP contribution in [-0.4, -0.2) is 69.5 Å². The Morgan fingerprint density at radius 2 is 2.00 bits per heavy atom. The summed E-state index contributed by atoms with van der Waals surface area (Å²) < 4.78 is 33.8. The smallest absolute Gasteiger partial charge is 0.475 e. The van der Waals surface area contributed by atoms with Gasteiger partial charge in [0.1, 0.15) is 5.82 Å². The number of fused-ring (bicyclic) bond motifs is 1. The van der Waals surface area contributed by atoms with Crippen molar-refractivity contribution in [3.05, 3.63) is 35.9 Å². The average molecular weight is 400 g/mol. The lowest BCUT2D eigenvalue weighted by Gasteiger charge is -2.18. The number of imidazole rings is 1. The number of hydrogen-bond donors (Lipinski definition) is 1. The van der Waals surface area contributed by atoms with Crippen molar-refractivity contribution in [2.75, 3.05) is 27.2 Å². The molecule has 28 heavy (non-hydrogen) atoms. The summed E-state index contributed by atoms with van der Waals surface area (Å²) in [6.45, 7) is 3.75. The Morgan fingerprint density at radius 1 is 1.36 bits per heavy atom. The zero-order valence-electron chi connectivity index (χ0n) is 15.9. The number of aromatic nitrogens is 2. The van der Waals surface area contributed by atoms with E-state index in [0.717, 1.165) is 24.3 Å². The van der Waals surface area contributed by atoms with Gasteiger partial charge in [0.15, 0.2) is 5.69 Å². The number of hydrogen-bond acceptors (Lipinski definition) is 4. The monoisotopic (exact) mass is 400 g/mol. The van der Waals surface area contributed by atoms with Gasteiger partial charge in [0.25, 0.3) is 5.91 Å². The van der Waals surface area contributed by atoms with E-state index in [1.54, 1.807) is 4.90 Å². The number of carboxylic acid groups (broad SMARTS) is 1. The van der Waals surface area contributed by atoms with Crippen LogP contribution in [0.5, 0.6) is 0 Å². The summed E-state index contributed by atoms with van der Waals surface area (Å²) in [5.74, 6) is -1.78. The molecule has 3 rings (SSSR count). The predicted octanol–water partition coefficient (Wildman–Crippen LogP) is 2.83. The van der Waals surface area contributed by atoms with Crippen molar-refractivity contribution in [2.24, 2.45) is 0 Å². The zero-order valence-corrected chi connectivity index (χ0v) is 15.9. The lowest BCUT2D eigenvalue weighted by atomic mass is 10.2. The largest absolute Gasteiger partial charge is 0.490 e. The maximum absolute atomic E-state index is 12.5. The molecule has 1 aliphatic heterocycles. The van der Waals surface area contributed by atoms with Gasteiger partial charge in [-0.05, 0) is 45.5 Å². The number of aliphatic carboxylic acids is 1. The van der Waals surface area contributed by atoms with Crippen LogP contribution in [0.3, 0.4) is 0 Å². The second kappa shape index (κ2) is 8.59. The summed E-state index contributed by atoms with van der Waals surface area (Å²) in [5.41, 5.74) is 1.47. The fourth-order valence-corrected chi connectivity index (χ4v) is 3.01. The topological polar surface area (TPSA) is 78.2 Å². The highest BCUT2D eigenvalue weighted by Crippen LogP contribution is 2.31. The van der Waals surface area contributed by atoms with Crippen LogP contribution in [0.25, 0.3) is 5.52 Å². The number of pyridine rings is 1. The highest BCUT2D eigenvalue weighted by molar-refractivity contribution is 5.99. The molecule has 0 bridgehead atoms. The van der Waals surface area contributed by atoms with Crippen molar-refractivity contribution in [1.29, 1.82) is 0 Å². The summed E-state index contributed by atoms with van der Waals surface area (Å²) in [6, 6.07) is 6.23. The first-order chi connectivity index (χ1) is 13.1. The lowest BCUT2D eigenvalue weighted by Crippen LogP contribution is -2.26. The van der Waals surface area contributed by atoms with Crippen molar-refractivity contribution in [3.63, 3.8) is 0 Å². The first kappa shape index (κ1) is 21.7. The van der Waals surface area contributed by atoms with Crippen LogP contribution in [0.4, 0.5) is 13.2 Å². The van der Waals surface area contributed by atoms with Gasteiger partial charge in [0.05, 0.1) is 11.6 Å². The van der Waals surface area contributed by atoms with E-state index >= 15 is 0 Å². The molecule has 154 valence electrons. The molecular formula is C18H23F3N4O3. The Labute approximate surface area is 160 Å². The third kappa shape index (κ3) is 4.61. The van der Waals surface area contributed by atoms with Gasteiger partial charge in [0.2, 0.25) is 0 Å². The van der Waals surface area contributed by atoms with Crippen molar-refractivity contribution in [1.82, 2.24) is 19.2 Å². The third-order valence-electron chi connectivity index (χ3n) is 4.66. The molecule has 1 saturated heterocycles. The normalized spacial score (nSPS) is 17.3. The van der Waals surface area contributed by atoms with E-state index in [1.807, 2.05) is 38.4 Å². The van der Waals surface area contributed by atoms with E-state index in [-0.39, 0.29) is 5.91 Å². The fraction of sp³-hybridized carbons (Fsp3) is 0.500. The Kier molecular flexibility index (Phi) is 6.65. The maximum Gasteiger partial charge on any atom is 0.490 e. The summed E-state index contributed by atoms with van der Waals surface area (Å²) >= 11 is 0. The Hall–Kier alpha value is -2.62. The second-order valence-corrected chi connectivity index (χ2v) is 6.54. The molecule has 10 heteroatoms. The van der Waals surface area contributed by atoms with E-state index in [9.17, 15) is 18.0 Å². The SMILES string of the molecule is CCN(C)C(=O)c1nc(C2CCCN2C)n2ccccc12.O=C(O)C(F)(F)F. The number of halogens is 3. The molecule has 1 aliphatic rings. The molecule has 1 fully saturated rings. The van der Waals surface area contributed by atoms with Crippen LogP contribution in [0, 0.1) is 0 Å². The molecular weight excluding hydrogens is 377 g/mol. The van der Waals surface area contributed by atoms with Crippen molar-refractivity contribution in [3.8, 4) is 0 Å². The Bertz CT molecular complexity index is 850. The van der Waals surface area contributed by atoms with Gasteiger partial charge < -0.3 is 14.4 Å². The van der Waals surface area contributed by atoms with Gasteiger partial charge in [0, 0.05) is 19.8 Å². The lowest BCUT2D eigenvalue weighted by molar-refractivity contribution is -0.192. The van der Waals surface area contributed by atoms with E-state index in [2.05, 4.69) is 16.3 Å². The van der Waals surface area contributed by atoms with Crippen LogP contribution >= 0.6 is 0 Å². The number of alkyl halides is 3. The Morgan fingerprint density at radius 3 is 2.50 bits per heavy atom. The highest BCUT2D eigenvalue weighted by Gasteiger charge is 2.38. The number of likely N-dealkylation sites (tertiary alicyclic amines) is 1. The van der Waals surface area contributed by atoms with Gasteiger partial charge in [-0.15, -0.1) is 0 Å². The number of carbonyl (C=O) groups excluding carboxylic acids is 1. The summed E-state index contributed by atoms with van der Waals surface area (Å²) in [7, 11) is 3.94. The van der Waals surface area contributed by atoms with Crippen molar-refractivity contribution < 1.29 is 27.9 Å². The van der Waals surface area contributed by atoms with Crippen LogP contribution in [-0.2, 0) is 4.79 Å². The number of carbonyl (C=O) groups is 2. The highest BCUT2D eigenvalue weighted by atomic mass is 19.4. The van der Waals surface area contributed by atoms with Crippen molar-refractivity contribution in [2.45, 2.75) is 32.0 Å². The molecule has 0 aliphatic carbocycles. The van der Waals surface area contributed by atoms with Gasteiger partial charge in [-0.1, -0.05) is 6.07 Å². The molecule has 1 N–H and O–H groups in total. The standard InChI is InChI=1S/C16H22N4O.C2HF3O2/c1-4-18(2)16(21)14-12-8-5-6-11-20(12)15(17-14)13-9-7-10-19(13)3;3-2(4,5)1(6)7/h5-6,8,11,13H,4,7,9-10H2,1-3H3;(H,6,7). The number of carboxylic acids is 1. The predicted molar refractivity (Wildman–Crippen MR) is 96.1 cm³/mol. The van der Waals surface area contributed by atoms with E-state index in [0.29, 0.717) is 18.3 Å². The quantitative estimate of drug-likeness (QED) is 0.857. The maximum atomic E-state index is 12.5. The van der Waals surface area contributed by atoms with Crippen LogP contribution in [0.1, 0.15) is 42.1 Å². The van der Waals surface area contributed by atoms with E-state index < -0.39 is 12.1 Å². The Balaban J connectivity index is 0.000000345. The summed E-state index contributed by atoms with van der Waals surface area (Å²) in [4.78, 5) is 30.2. The van der Waals surface area contributed by atoms with Crippen LogP contribution < -0.4 is 0 Å². The molecule has 0 radical (unpaired) electrons. The second-order valence-electron chi connectivity index (χ2n) is 6.54. The summed E-state index contributed by atoms with van der Waals surface area (Å²) in [6.07, 6.45) is -0.796. The first-order valence-electron chi connectivity index (χ1n) is 8.80. The summed E-state index contributed by atoms with van der Waals surface area (Å²) in [5, 5.41) is 7.12. The molecule has 3 heterocycles. The third-order valence-corrected chi connectivity index (χ3v) is 4.66. The minimum atomic E-state index is -5.08. The fourth-order valence-electron chi connectivity index (χ4n) is 3.01. The molecule has 2 aromatic rings. The molecule has 0 saturated carbocycles. The molecule has 7 nitrogen and oxygen atoms in total. The van der Waals surface area contributed by atoms with Gasteiger partial charge in [-0.3, -0.25) is 9.69 Å². The van der Waals surface area contributed by atoms with Crippen LogP contribution in [0.2, 0.25) is 0 Å². The molecule has 0 spiro atoms. The molecule has 1 amide bonds. The zero-order chi connectivity index (χ0) is 21.1. The van der Waals surface area contributed by atoms with E-state index in [4.69, 9.17) is 14.9 Å². The van der Waals surface area contributed by atoms with E-state index in [1.165, 1.54) is 6.42 Å².